The molecule has 0 aliphatic heterocycles. The summed E-state index contributed by atoms with van der Waals surface area (Å²) in [6, 6.07) is 6.11. The third-order valence-electron chi connectivity index (χ3n) is 4.20. The number of benzene rings is 1. The lowest BCUT2D eigenvalue weighted by atomic mass is 10.1. The Morgan fingerprint density at radius 2 is 2.04 bits per heavy atom. The van der Waals surface area contributed by atoms with Gasteiger partial charge in [-0.3, -0.25) is 4.79 Å². The molecule has 0 unspecified atom stereocenters. The fraction of sp³-hybridized carbons (Fsp3) is 0.526. The van der Waals surface area contributed by atoms with Gasteiger partial charge < -0.3 is 9.88 Å². The Balaban J connectivity index is 2.00. The monoisotopic (exact) mass is 360 g/mol. The Morgan fingerprint density at radius 3 is 2.72 bits per heavy atom. The van der Waals surface area contributed by atoms with Crippen LogP contribution >= 0.6 is 11.8 Å². The number of carbonyl (C=O) groups is 1. The summed E-state index contributed by atoms with van der Waals surface area (Å²) in [5, 5.41) is 12.4. The number of nitrogens with one attached hydrogen (secondary N) is 1. The number of aromatic nitrogens is 3. The highest BCUT2D eigenvalue weighted by atomic mass is 32.2. The average molecular weight is 361 g/mol. The number of para-hydroxylation sites is 1. The Hall–Kier alpha value is -1.82. The van der Waals surface area contributed by atoms with Crippen LogP contribution in [0.1, 0.15) is 50.6 Å². The van der Waals surface area contributed by atoms with Crippen LogP contribution in [0.15, 0.2) is 23.4 Å². The molecule has 0 aliphatic carbocycles. The minimum atomic E-state index is -0.00485. The number of carbonyl (C=O) groups excluding carboxylic acids is 1. The van der Waals surface area contributed by atoms with E-state index in [-0.39, 0.29) is 5.91 Å². The summed E-state index contributed by atoms with van der Waals surface area (Å²) >= 11 is 1.45. The molecule has 0 radical (unpaired) electrons. The number of thioether (sulfide) groups is 1. The predicted octanol–water partition coefficient (Wildman–Crippen LogP) is 4.24. The summed E-state index contributed by atoms with van der Waals surface area (Å²) in [6.45, 7) is 9.21. The Bertz CT molecular complexity index is 711. The lowest BCUT2D eigenvalue weighted by molar-refractivity contribution is -0.113. The van der Waals surface area contributed by atoms with E-state index in [1.165, 1.54) is 11.8 Å². The molecule has 5 nitrogen and oxygen atoms in total. The summed E-state index contributed by atoms with van der Waals surface area (Å²) in [5.41, 5.74) is 3.20. The van der Waals surface area contributed by atoms with Crippen LogP contribution in [0.5, 0.6) is 0 Å². The van der Waals surface area contributed by atoms with Crippen LogP contribution in [0.4, 0.5) is 5.69 Å². The van der Waals surface area contributed by atoms with Crippen molar-refractivity contribution in [1.29, 1.82) is 0 Å². The molecule has 0 aliphatic rings. The highest BCUT2D eigenvalue weighted by Gasteiger charge is 2.14. The quantitative estimate of drug-likeness (QED) is 0.680. The lowest BCUT2D eigenvalue weighted by Crippen LogP contribution is -2.16. The highest BCUT2D eigenvalue weighted by Crippen LogP contribution is 2.23. The number of hydrogen-bond donors (Lipinski definition) is 1. The highest BCUT2D eigenvalue weighted by molar-refractivity contribution is 7.99. The van der Waals surface area contributed by atoms with E-state index in [4.69, 9.17) is 0 Å². The maximum Gasteiger partial charge on any atom is 0.234 e. The third kappa shape index (κ3) is 5.08. The Labute approximate surface area is 154 Å². The van der Waals surface area contributed by atoms with Crippen LogP contribution in [0.2, 0.25) is 0 Å². The Morgan fingerprint density at radius 1 is 1.24 bits per heavy atom. The maximum atomic E-state index is 12.4. The van der Waals surface area contributed by atoms with Gasteiger partial charge in [0.15, 0.2) is 5.16 Å². The summed E-state index contributed by atoms with van der Waals surface area (Å²) in [5.74, 6) is 1.35. The first-order chi connectivity index (χ1) is 12.1. The van der Waals surface area contributed by atoms with Crippen LogP contribution in [0.3, 0.4) is 0 Å². The SMILES string of the molecule is CCCCc1nnc(SCC(=O)Nc2c(C)cccc2CC)n1CC. The van der Waals surface area contributed by atoms with Crippen molar-refractivity contribution in [3.05, 3.63) is 35.2 Å². The smallest absolute Gasteiger partial charge is 0.234 e. The van der Waals surface area contributed by atoms with E-state index in [9.17, 15) is 4.79 Å². The molecule has 0 bridgehead atoms. The zero-order valence-corrected chi connectivity index (χ0v) is 16.4. The molecule has 1 amide bonds. The van der Waals surface area contributed by atoms with Gasteiger partial charge in [-0.1, -0.05) is 50.2 Å². The first-order valence-electron chi connectivity index (χ1n) is 9.03. The molecule has 1 aromatic carbocycles. The van der Waals surface area contributed by atoms with Crippen molar-refractivity contribution in [3.8, 4) is 0 Å². The fourth-order valence-electron chi connectivity index (χ4n) is 2.77. The Kier molecular flexibility index (Phi) is 7.50. The molecule has 1 N–H and O–H groups in total. The van der Waals surface area contributed by atoms with E-state index >= 15 is 0 Å². The molecule has 6 heteroatoms. The van der Waals surface area contributed by atoms with Gasteiger partial charge in [-0.25, -0.2) is 0 Å². The van der Waals surface area contributed by atoms with E-state index in [0.29, 0.717) is 5.75 Å². The van der Waals surface area contributed by atoms with Gasteiger partial charge in [0, 0.05) is 18.7 Å². The van der Waals surface area contributed by atoms with Gasteiger partial charge in [0.25, 0.3) is 0 Å². The molecule has 1 aromatic heterocycles. The van der Waals surface area contributed by atoms with Gasteiger partial charge in [0.1, 0.15) is 5.82 Å². The van der Waals surface area contributed by atoms with Crippen LogP contribution in [-0.2, 0) is 24.2 Å². The fourth-order valence-corrected chi connectivity index (χ4v) is 3.59. The minimum absolute atomic E-state index is 0.00485. The van der Waals surface area contributed by atoms with E-state index in [1.54, 1.807) is 0 Å². The molecular formula is C19H28N4OS. The van der Waals surface area contributed by atoms with Crippen molar-refractivity contribution in [2.24, 2.45) is 0 Å². The van der Waals surface area contributed by atoms with Crippen LogP contribution in [0, 0.1) is 6.92 Å². The van der Waals surface area contributed by atoms with Crippen LogP contribution in [0.25, 0.3) is 0 Å². The minimum Gasteiger partial charge on any atom is -0.325 e. The number of nitrogens with zero attached hydrogens (tertiary/aromatic N) is 3. The van der Waals surface area contributed by atoms with E-state index in [2.05, 4.69) is 46.9 Å². The van der Waals surface area contributed by atoms with Crippen molar-refractivity contribution >= 4 is 23.4 Å². The van der Waals surface area contributed by atoms with Gasteiger partial charge >= 0.3 is 0 Å². The second kappa shape index (κ2) is 9.61. The number of hydrogen-bond acceptors (Lipinski definition) is 4. The number of anilines is 1. The molecule has 25 heavy (non-hydrogen) atoms. The normalized spacial score (nSPS) is 10.9. The summed E-state index contributed by atoms with van der Waals surface area (Å²) in [4.78, 5) is 12.4. The lowest BCUT2D eigenvalue weighted by Gasteiger charge is -2.13. The van der Waals surface area contributed by atoms with Gasteiger partial charge in [0.2, 0.25) is 5.91 Å². The molecule has 2 rings (SSSR count). The second-order valence-electron chi connectivity index (χ2n) is 6.05. The maximum absolute atomic E-state index is 12.4. The molecule has 2 aromatic rings. The number of unbranched alkanes of at least 4 members (excludes halogenated alkanes) is 1. The second-order valence-corrected chi connectivity index (χ2v) is 6.99. The first-order valence-corrected chi connectivity index (χ1v) is 10.0. The molecule has 0 saturated heterocycles. The van der Waals surface area contributed by atoms with E-state index < -0.39 is 0 Å². The van der Waals surface area contributed by atoms with E-state index in [0.717, 1.165) is 60.0 Å². The predicted molar refractivity (Wildman–Crippen MR) is 104 cm³/mol. The van der Waals surface area contributed by atoms with Crippen LogP contribution in [-0.4, -0.2) is 26.4 Å². The molecule has 0 fully saturated rings. The van der Waals surface area contributed by atoms with Crippen molar-refractivity contribution in [3.63, 3.8) is 0 Å². The van der Waals surface area contributed by atoms with Crippen molar-refractivity contribution < 1.29 is 4.79 Å². The number of rotatable bonds is 9. The van der Waals surface area contributed by atoms with Crippen molar-refractivity contribution in [2.45, 2.75) is 65.1 Å². The molecular weight excluding hydrogens is 332 g/mol. The van der Waals surface area contributed by atoms with Crippen LogP contribution < -0.4 is 5.32 Å². The molecule has 1 heterocycles. The van der Waals surface area contributed by atoms with Crippen molar-refractivity contribution in [2.75, 3.05) is 11.1 Å². The summed E-state index contributed by atoms with van der Waals surface area (Å²) in [7, 11) is 0. The largest absolute Gasteiger partial charge is 0.325 e. The molecule has 0 saturated carbocycles. The standard InChI is InChI=1S/C19H28N4OS/c1-5-8-12-16-21-22-19(23(16)7-3)25-13-17(24)20-18-14(4)10-9-11-15(18)6-2/h9-11H,5-8,12-13H2,1-4H3,(H,20,24). The number of aryl methyl sites for hydroxylation is 3. The molecule has 136 valence electrons. The van der Waals surface area contributed by atoms with E-state index in [1.807, 2.05) is 19.1 Å². The molecule has 0 atom stereocenters. The topological polar surface area (TPSA) is 59.8 Å². The van der Waals surface area contributed by atoms with Gasteiger partial charge in [-0.05, 0) is 37.8 Å². The summed E-state index contributed by atoms with van der Waals surface area (Å²) in [6.07, 6.45) is 4.08. The third-order valence-corrected chi connectivity index (χ3v) is 5.17. The zero-order valence-electron chi connectivity index (χ0n) is 15.6. The zero-order chi connectivity index (χ0) is 18.2. The first kappa shape index (κ1) is 19.5. The molecule has 0 spiro atoms. The average Bonchev–Trinajstić information content (AvgIpc) is 3.01. The van der Waals surface area contributed by atoms with Gasteiger partial charge in [-0.15, -0.1) is 10.2 Å². The summed E-state index contributed by atoms with van der Waals surface area (Å²) < 4.78 is 2.11. The van der Waals surface area contributed by atoms with Crippen molar-refractivity contribution in [1.82, 2.24) is 14.8 Å². The van der Waals surface area contributed by atoms with Gasteiger partial charge in [-0.2, -0.15) is 0 Å². The number of amides is 1. The van der Waals surface area contributed by atoms with Gasteiger partial charge in [0.05, 0.1) is 5.75 Å².